The number of hydrogen-bond donors (Lipinski definition) is 3. The zero-order valence-corrected chi connectivity index (χ0v) is 11.5. The van der Waals surface area contributed by atoms with Crippen molar-refractivity contribution in [2.45, 2.75) is 70.5 Å². The van der Waals surface area contributed by atoms with Crippen LogP contribution in [0.3, 0.4) is 0 Å². The number of hydrogen-bond acceptors (Lipinski definition) is 6. The molecular weight excluding hydrogens is 240 g/mol. The molecule has 0 saturated heterocycles. The Morgan fingerprint density at radius 3 is 1.94 bits per heavy atom. The van der Waals surface area contributed by atoms with Gasteiger partial charge in [0.25, 0.3) is 0 Å². The van der Waals surface area contributed by atoms with Gasteiger partial charge in [-0.3, -0.25) is 15.8 Å². The molecule has 1 atom stereocenters. The van der Waals surface area contributed by atoms with Gasteiger partial charge in [-0.1, -0.05) is 12.8 Å². The zero-order valence-electron chi connectivity index (χ0n) is 11.5. The van der Waals surface area contributed by atoms with Crippen LogP contribution in [0, 0.1) is 0 Å². The van der Waals surface area contributed by atoms with Gasteiger partial charge in [0, 0.05) is 0 Å². The zero-order chi connectivity index (χ0) is 14.1. The Morgan fingerprint density at radius 1 is 0.778 bits per heavy atom. The van der Waals surface area contributed by atoms with Crippen LogP contribution in [0.2, 0.25) is 0 Å². The Kier molecular flexibility index (Phi) is 8.67. The lowest BCUT2D eigenvalue weighted by Gasteiger charge is -2.29. The summed E-state index contributed by atoms with van der Waals surface area (Å²) in [7, 11) is 0. The molecule has 0 aromatic heterocycles. The van der Waals surface area contributed by atoms with Crippen LogP contribution < -0.4 is 0 Å². The van der Waals surface area contributed by atoms with E-state index in [0.29, 0.717) is 25.9 Å². The van der Waals surface area contributed by atoms with Gasteiger partial charge in [-0.25, -0.2) is 14.7 Å². The first-order chi connectivity index (χ1) is 8.39. The SMILES string of the molecule is CC(C)(CCC(C)(CCCCCOO)OO)OO. The van der Waals surface area contributed by atoms with Gasteiger partial charge in [0.05, 0.1) is 12.2 Å². The smallest absolute Gasteiger partial charge is 0.101 e. The molecule has 1 unspecified atom stereocenters. The van der Waals surface area contributed by atoms with Gasteiger partial charge in [-0.15, -0.1) is 0 Å². The molecule has 0 aliphatic carbocycles. The van der Waals surface area contributed by atoms with E-state index in [0.717, 1.165) is 19.3 Å². The molecule has 0 heterocycles. The molecule has 0 fully saturated rings. The molecule has 0 rings (SSSR count). The van der Waals surface area contributed by atoms with Crippen LogP contribution in [0.4, 0.5) is 0 Å². The molecule has 3 N–H and O–H groups in total. The minimum atomic E-state index is -0.648. The highest BCUT2D eigenvalue weighted by atomic mass is 17.1. The molecule has 0 amide bonds. The maximum Gasteiger partial charge on any atom is 0.101 e. The van der Waals surface area contributed by atoms with Crippen molar-refractivity contribution >= 4 is 0 Å². The van der Waals surface area contributed by atoms with Crippen molar-refractivity contribution in [2.75, 3.05) is 6.61 Å². The Hall–Kier alpha value is -0.240. The second-order valence-electron chi connectivity index (χ2n) is 5.54. The molecule has 6 nitrogen and oxygen atoms in total. The van der Waals surface area contributed by atoms with Crippen LogP contribution >= 0.6 is 0 Å². The predicted octanol–water partition coefficient (Wildman–Crippen LogP) is 3.33. The molecule has 0 saturated carbocycles. The van der Waals surface area contributed by atoms with E-state index >= 15 is 0 Å². The van der Waals surface area contributed by atoms with Gasteiger partial charge in [0.2, 0.25) is 0 Å². The van der Waals surface area contributed by atoms with E-state index in [9.17, 15) is 0 Å². The fourth-order valence-corrected chi connectivity index (χ4v) is 1.67. The Morgan fingerprint density at radius 2 is 1.44 bits per heavy atom. The van der Waals surface area contributed by atoms with Gasteiger partial charge in [-0.05, 0) is 46.5 Å². The standard InChI is InChI=1S/C12H26O6/c1-11(2,17-14)8-9-12(3,18-15)7-5-4-6-10-16-13/h13-15H,4-10H2,1-3H3. The van der Waals surface area contributed by atoms with Gasteiger partial charge in [-0.2, -0.15) is 0 Å². The highest BCUT2D eigenvalue weighted by Gasteiger charge is 2.29. The lowest BCUT2D eigenvalue weighted by atomic mass is 9.88. The first kappa shape index (κ1) is 17.8. The summed E-state index contributed by atoms with van der Waals surface area (Å²) in [6.45, 7) is 5.68. The topological polar surface area (TPSA) is 88.4 Å². The lowest BCUT2D eigenvalue weighted by Crippen LogP contribution is -2.32. The maximum absolute atomic E-state index is 8.99. The van der Waals surface area contributed by atoms with Gasteiger partial charge < -0.3 is 0 Å². The lowest BCUT2D eigenvalue weighted by molar-refractivity contribution is -0.336. The van der Waals surface area contributed by atoms with E-state index in [1.807, 2.05) is 6.92 Å². The number of unbranched alkanes of at least 4 members (excludes halogenated alkanes) is 2. The molecule has 0 aliphatic heterocycles. The Bertz CT molecular complexity index is 209. The quantitative estimate of drug-likeness (QED) is 0.302. The van der Waals surface area contributed by atoms with Gasteiger partial charge in [0.1, 0.15) is 5.60 Å². The van der Waals surface area contributed by atoms with Crippen LogP contribution in [0.1, 0.15) is 59.3 Å². The maximum atomic E-state index is 8.99. The van der Waals surface area contributed by atoms with Crippen LogP contribution in [0.15, 0.2) is 0 Å². The van der Waals surface area contributed by atoms with Crippen molar-refractivity contribution < 1.29 is 30.4 Å². The highest BCUT2D eigenvalue weighted by Crippen LogP contribution is 2.28. The first-order valence-electron chi connectivity index (χ1n) is 6.31. The first-order valence-corrected chi connectivity index (χ1v) is 6.31. The molecule has 0 aliphatic rings. The van der Waals surface area contributed by atoms with E-state index in [1.165, 1.54) is 0 Å². The summed E-state index contributed by atoms with van der Waals surface area (Å²) in [4.78, 5) is 12.9. The third-order valence-electron chi connectivity index (χ3n) is 3.16. The summed E-state index contributed by atoms with van der Waals surface area (Å²) in [5.41, 5.74) is -1.29. The molecule has 110 valence electrons. The minimum absolute atomic E-state index is 0.322. The predicted molar refractivity (Wildman–Crippen MR) is 66.2 cm³/mol. The normalized spacial score (nSPS) is 15.7. The van der Waals surface area contributed by atoms with Crippen LogP contribution in [-0.2, 0) is 14.7 Å². The van der Waals surface area contributed by atoms with Gasteiger partial charge in [0.15, 0.2) is 0 Å². The molecule has 18 heavy (non-hydrogen) atoms. The van der Waals surface area contributed by atoms with Gasteiger partial charge >= 0.3 is 0 Å². The highest BCUT2D eigenvalue weighted by molar-refractivity contribution is 4.78. The van der Waals surface area contributed by atoms with Crippen molar-refractivity contribution in [1.29, 1.82) is 0 Å². The van der Waals surface area contributed by atoms with Crippen molar-refractivity contribution in [1.82, 2.24) is 0 Å². The van der Waals surface area contributed by atoms with E-state index in [-0.39, 0.29) is 0 Å². The number of rotatable bonds is 11. The third kappa shape index (κ3) is 7.97. The van der Waals surface area contributed by atoms with Crippen molar-refractivity contribution in [3.05, 3.63) is 0 Å². The summed E-state index contributed by atoms with van der Waals surface area (Å²) in [5, 5.41) is 25.9. The second kappa shape index (κ2) is 8.79. The van der Waals surface area contributed by atoms with Crippen molar-refractivity contribution in [3.63, 3.8) is 0 Å². The van der Waals surface area contributed by atoms with Crippen molar-refractivity contribution in [3.8, 4) is 0 Å². The van der Waals surface area contributed by atoms with E-state index in [4.69, 9.17) is 15.8 Å². The van der Waals surface area contributed by atoms with E-state index in [2.05, 4.69) is 14.7 Å². The van der Waals surface area contributed by atoms with E-state index < -0.39 is 11.2 Å². The summed E-state index contributed by atoms with van der Waals surface area (Å²) in [6.07, 6.45) is 4.35. The van der Waals surface area contributed by atoms with E-state index in [1.54, 1.807) is 13.8 Å². The largest absolute Gasteiger partial charge is 0.252 e. The van der Waals surface area contributed by atoms with Crippen LogP contribution in [0.5, 0.6) is 0 Å². The summed E-state index contributed by atoms with van der Waals surface area (Å²) < 4.78 is 0. The Balaban J connectivity index is 3.95. The minimum Gasteiger partial charge on any atom is -0.252 e. The molecular formula is C12H26O6. The molecule has 0 radical (unpaired) electrons. The van der Waals surface area contributed by atoms with Crippen LogP contribution in [-0.4, -0.2) is 33.6 Å². The molecule has 0 bridgehead atoms. The molecule has 0 aromatic carbocycles. The fraction of sp³-hybridized carbons (Fsp3) is 1.00. The molecule has 0 aromatic rings. The summed E-state index contributed by atoms with van der Waals surface area (Å²) >= 11 is 0. The molecule has 6 heteroatoms. The monoisotopic (exact) mass is 266 g/mol. The van der Waals surface area contributed by atoms with Crippen LogP contribution in [0.25, 0.3) is 0 Å². The average Bonchev–Trinajstić information content (AvgIpc) is 2.36. The Labute approximate surface area is 108 Å². The molecule has 0 spiro atoms. The second-order valence-corrected chi connectivity index (χ2v) is 5.54. The fourth-order valence-electron chi connectivity index (χ4n) is 1.67. The van der Waals surface area contributed by atoms with Crippen molar-refractivity contribution in [2.24, 2.45) is 0 Å². The summed E-state index contributed by atoms with van der Waals surface area (Å²) in [5.74, 6) is 0. The third-order valence-corrected chi connectivity index (χ3v) is 3.16. The summed E-state index contributed by atoms with van der Waals surface area (Å²) in [6, 6.07) is 0. The average molecular weight is 266 g/mol.